The molecule has 0 saturated carbocycles. The molecule has 8 rings (SSSR count). The maximum absolute atomic E-state index is 13.2. The highest BCUT2D eigenvalue weighted by Crippen LogP contribution is 2.43. The third-order valence-corrected chi connectivity index (χ3v) is 14.5. The summed E-state index contributed by atoms with van der Waals surface area (Å²) in [7, 11) is 0. The number of nitrogens with two attached hydrogens (primary N) is 2. The van der Waals surface area contributed by atoms with Crippen LogP contribution in [0, 0.1) is 53.4 Å². The van der Waals surface area contributed by atoms with Crippen molar-refractivity contribution in [3.05, 3.63) is 125 Å². The van der Waals surface area contributed by atoms with Gasteiger partial charge in [-0.2, -0.15) is 0 Å². The second-order valence-electron chi connectivity index (χ2n) is 15.5. The number of aryl methyl sites for hydroxylation is 4. The third-order valence-electron chi connectivity index (χ3n) is 11.6. The van der Waals surface area contributed by atoms with Gasteiger partial charge in [-0.25, -0.2) is 0 Å². The van der Waals surface area contributed by atoms with E-state index < -0.39 is 35.7 Å². The van der Waals surface area contributed by atoms with Crippen molar-refractivity contribution in [3.8, 4) is 10.0 Å². The van der Waals surface area contributed by atoms with Gasteiger partial charge >= 0.3 is 0 Å². The number of hydrogen-bond acceptors (Lipinski definition) is 12. The van der Waals surface area contributed by atoms with Crippen LogP contribution in [0.3, 0.4) is 0 Å². The van der Waals surface area contributed by atoms with Crippen LogP contribution in [0.2, 0.25) is 10.0 Å². The Morgan fingerprint density at radius 3 is 1.34 bits per heavy atom. The van der Waals surface area contributed by atoms with E-state index in [1.807, 2.05) is 71.5 Å². The van der Waals surface area contributed by atoms with Gasteiger partial charge in [-0.15, -0.1) is 43.1 Å². The van der Waals surface area contributed by atoms with Crippen LogP contribution in [0.5, 0.6) is 0 Å². The van der Waals surface area contributed by atoms with E-state index in [2.05, 4.69) is 48.1 Å². The molecule has 6 aromatic rings. The number of nitrogens with zero attached hydrogens (tertiary/aromatic N) is 8. The van der Waals surface area contributed by atoms with Crippen LogP contribution < -0.4 is 11.5 Å². The Morgan fingerprint density at radius 1 is 0.613 bits per heavy atom. The predicted octanol–water partition coefficient (Wildman–Crippen LogP) is 7.63. The van der Waals surface area contributed by atoms with Gasteiger partial charge in [0.05, 0.1) is 36.5 Å². The van der Waals surface area contributed by atoms with E-state index in [-0.39, 0.29) is 39.3 Å². The number of aromatic nitrogens is 6. The molecule has 0 aliphatic carbocycles. The van der Waals surface area contributed by atoms with Crippen LogP contribution in [-0.2, 0) is 19.1 Å². The third kappa shape index (κ3) is 8.15. The van der Waals surface area contributed by atoms with Crippen molar-refractivity contribution in [3.63, 3.8) is 0 Å². The van der Waals surface area contributed by atoms with Gasteiger partial charge in [0.25, 0.3) is 0 Å². The first kappa shape index (κ1) is 43.5. The van der Waals surface area contributed by atoms with E-state index in [1.54, 1.807) is 22.7 Å². The molecule has 14 nitrogen and oxygen atoms in total. The minimum Gasteiger partial charge on any atom is -0.379 e. The van der Waals surface area contributed by atoms with Crippen LogP contribution in [0.4, 0.5) is 0 Å². The van der Waals surface area contributed by atoms with E-state index >= 15 is 0 Å². The van der Waals surface area contributed by atoms with Gasteiger partial charge in [0, 0.05) is 55.3 Å². The van der Waals surface area contributed by atoms with Crippen molar-refractivity contribution >= 4 is 69.1 Å². The molecule has 2 aliphatic rings. The number of thiophene rings is 2. The summed E-state index contributed by atoms with van der Waals surface area (Å²) in [5.41, 5.74) is 19.5. The molecule has 322 valence electrons. The molecule has 0 fully saturated rings. The van der Waals surface area contributed by atoms with Gasteiger partial charge in [0.2, 0.25) is 11.8 Å². The molecule has 4 aromatic heterocycles. The van der Waals surface area contributed by atoms with Crippen LogP contribution >= 0.6 is 45.9 Å². The number of halogens is 2. The number of carbonyl (C=O) groups is 2. The molecule has 6 heterocycles. The largest absolute Gasteiger partial charge is 0.379 e. The first-order valence-electron chi connectivity index (χ1n) is 20.2. The molecule has 4 atom stereocenters. The first-order chi connectivity index (χ1) is 29.7. The predicted molar refractivity (Wildman–Crippen MR) is 243 cm³/mol. The number of rotatable bonds is 15. The summed E-state index contributed by atoms with van der Waals surface area (Å²) >= 11 is 15.8. The Kier molecular flexibility index (Phi) is 12.6. The zero-order valence-corrected chi connectivity index (χ0v) is 38.3. The van der Waals surface area contributed by atoms with Gasteiger partial charge in [0.15, 0.2) is 11.6 Å². The van der Waals surface area contributed by atoms with Crippen molar-refractivity contribution in [2.24, 2.45) is 33.3 Å². The molecule has 62 heavy (non-hydrogen) atoms. The van der Waals surface area contributed by atoms with E-state index in [0.29, 0.717) is 33.3 Å². The molecule has 2 aromatic carbocycles. The lowest BCUT2D eigenvalue weighted by Crippen LogP contribution is -2.31. The Bertz CT molecular complexity index is 2550. The number of aliphatic imine (C=N–C) groups is 2. The van der Waals surface area contributed by atoms with Crippen molar-refractivity contribution in [1.82, 2.24) is 29.5 Å². The average Bonchev–Trinajstić information content (AvgIpc) is 3.92. The lowest BCUT2D eigenvalue weighted by atomic mass is 9.94. The lowest BCUT2D eigenvalue weighted by Gasteiger charge is -2.21. The zero-order chi connectivity index (χ0) is 44.0. The maximum Gasteiger partial charge on any atom is 0.223 e. The maximum atomic E-state index is 13.2. The Morgan fingerprint density at radius 2 is 0.984 bits per heavy atom. The summed E-state index contributed by atoms with van der Waals surface area (Å²) in [6.07, 6.45) is 0.553. The molecule has 0 spiro atoms. The van der Waals surface area contributed by atoms with Crippen molar-refractivity contribution in [2.45, 2.75) is 66.5 Å². The molecular formula is C44H46Cl2N10O4S2. The van der Waals surface area contributed by atoms with Crippen LogP contribution in [0.25, 0.3) is 10.0 Å². The number of amides is 2. The number of carbonyl (C=O) groups excluding carboxylic acids is 2. The molecule has 2 amide bonds. The summed E-state index contributed by atoms with van der Waals surface area (Å²) < 4.78 is 16.0. The molecule has 4 N–H and O–H groups in total. The highest BCUT2D eigenvalue weighted by atomic mass is 35.5. The minimum absolute atomic E-state index is 0.207. The monoisotopic (exact) mass is 912 g/mol. The molecule has 0 radical (unpaired) electrons. The Hall–Kier alpha value is -5.10. The van der Waals surface area contributed by atoms with Crippen molar-refractivity contribution in [1.29, 1.82) is 0 Å². The molecule has 18 heteroatoms. The fourth-order valence-corrected chi connectivity index (χ4v) is 10.8. The fraction of sp³-hybridized carbons (Fsp3) is 0.364. The first-order valence-corrected chi connectivity index (χ1v) is 22.6. The van der Waals surface area contributed by atoms with E-state index in [1.165, 1.54) is 0 Å². The second-order valence-corrected chi connectivity index (χ2v) is 18.8. The normalized spacial score (nSPS) is 16.6. The topological polar surface area (TPSA) is 191 Å². The van der Waals surface area contributed by atoms with Crippen molar-refractivity contribution < 1.29 is 19.1 Å². The smallest absolute Gasteiger partial charge is 0.223 e. The second kappa shape index (κ2) is 17.9. The molecular weight excluding hydrogens is 868 g/mol. The van der Waals surface area contributed by atoms with Gasteiger partial charge in [0.1, 0.15) is 33.7 Å². The van der Waals surface area contributed by atoms with E-state index in [0.717, 1.165) is 64.6 Å². The molecule has 2 aliphatic heterocycles. The minimum atomic E-state index is -0.756. The van der Waals surface area contributed by atoms with Gasteiger partial charge in [-0.05, 0) is 89.8 Å². The molecule has 0 bridgehead atoms. The highest BCUT2D eigenvalue weighted by molar-refractivity contribution is 7.15. The Labute approximate surface area is 377 Å². The number of ether oxygens (including phenoxy) is 2. The summed E-state index contributed by atoms with van der Waals surface area (Å²) in [5.74, 6) is -0.118. The summed E-state index contributed by atoms with van der Waals surface area (Å²) in [6.45, 7) is 13.0. The van der Waals surface area contributed by atoms with Crippen LogP contribution in [0.15, 0.2) is 58.5 Å². The highest BCUT2D eigenvalue weighted by Gasteiger charge is 2.39. The Balaban J connectivity index is 0.954. The fourth-order valence-electron chi connectivity index (χ4n) is 8.10. The average molecular weight is 914 g/mol. The number of hydrogen-bond donors (Lipinski definition) is 2. The summed E-state index contributed by atoms with van der Waals surface area (Å²) in [4.78, 5) is 39.3. The zero-order valence-electron chi connectivity index (χ0n) is 35.1. The van der Waals surface area contributed by atoms with E-state index in [9.17, 15) is 9.59 Å². The quantitative estimate of drug-likeness (QED) is 0.0983. The standard InChI is InChI=1S/C44H46Cl2N10O4S2/c1-21-23(3)61-43-33(21)35(27-7-11-29(45)12-8-27)49-37(41-53-51-25(5)55(41)43)31(39(47)57)15-17-59-19-20-60-18-16-32(40(48)58)38-42-54-52-26(6)56(42)44-34(22(2)24(4)62-44)36(50-38)28-9-13-30(46)14-10-28/h7-14,31-32,37-38H,15-20H2,1-6H3,(H2,47,57)(H2,48,58)/t31?,32?,37-,38-/m0/s1. The summed E-state index contributed by atoms with van der Waals surface area (Å²) in [5, 5.41) is 21.0. The van der Waals surface area contributed by atoms with Crippen LogP contribution in [0.1, 0.15) is 91.4 Å². The van der Waals surface area contributed by atoms with Gasteiger partial charge in [-0.3, -0.25) is 28.7 Å². The molecule has 2 unspecified atom stereocenters. The number of benzene rings is 2. The van der Waals surface area contributed by atoms with Gasteiger partial charge < -0.3 is 20.9 Å². The summed E-state index contributed by atoms with van der Waals surface area (Å²) in [6, 6.07) is 13.6. The van der Waals surface area contributed by atoms with Crippen molar-refractivity contribution in [2.75, 3.05) is 26.4 Å². The van der Waals surface area contributed by atoms with E-state index in [4.69, 9.17) is 54.1 Å². The van der Waals surface area contributed by atoms with Crippen LogP contribution in [-0.4, -0.2) is 79.2 Å². The molecule has 0 saturated heterocycles. The number of fused-ring (bicyclic) bond motifs is 6. The number of primary amides is 2. The lowest BCUT2D eigenvalue weighted by molar-refractivity contribution is -0.124. The SMILES string of the molecule is Cc1sc2c(c1C)C(c1ccc(Cl)cc1)=N[C@@H](C(CCOCCOCCC(C(N)=O)[C@@H]1N=C(c3ccc(Cl)cc3)c3c(sc(C)c3C)-n3c(C)nnc31)C(N)=O)c1nnc(C)n1-2. The van der Waals surface area contributed by atoms with Gasteiger partial charge in [-0.1, -0.05) is 47.5 Å².